The van der Waals surface area contributed by atoms with Crippen molar-refractivity contribution in [2.75, 3.05) is 20.3 Å². The normalized spacial score (nSPS) is 12.1. The van der Waals surface area contributed by atoms with Gasteiger partial charge in [0.15, 0.2) is 0 Å². The van der Waals surface area contributed by atoms with E-state index in [0.29, 0.717) is 5.56 Å². The van der Waals surface area contributed by atoms with Crippen molar-refractivity contribution in [2.45, 2.75) is 6.04 Å². The Bertz CT molecular complexity index is 554. The molecule has 2 rings (SSSR count). The van der Waals surface area contributed by atoms with Crippen LogP contribution in [-0.2, 0) is 4.74 Å². The summed E-state index contributed by atoms with van der Waals surface area (Å²) in [4.78, 5) is 12.0. The first-order valence-corrected chi connectivity index (χ1v) is 6.25. The quantitative estimate of drug-likeness (QED) is 0.810. The summed E-state index contributed by atoms with van der Waals surface area (Å²) in [5.41, 5.74) is 1.31. The van der Waals surface area contributed by atoms with Gasteiger partial charge >= 0.3 is 0 Å². The Kier molecular flexibility index (Phi) is 4.86. The van der Waals surface area contributed by atoms with Crippen LogP contribution < -0.4 is 5.32 Å². The highest BCUT2D eigenvalue weighted by Gasteiger charge is 2.14. The second-order valence-electron chi connectivity index (χ2n) is 4.32. The van der Waals surface area contributed by atoms with Gasteiger partial charge in [-0.2, -0.15) is 5.10 Å². The van der Waals surface area contributed by atoms with Gasteiger partial charge in [-0.3, -0.25) is 4.79 Å². The predicted octanol–water partition coefficient (Wildman–Crippen LogP) is 0.609. The molecule has 0 fully saturated rings. The lowest BCUT2D eigenvalue weighted by Crippen LogP contribution is -2.40. The second-order valence-corrected chi connectivity index (χ2v) is 4.32. The number of rotatable bonds is 6. The van der Waals surface area contributed by atoms with E-state index in [4.69, 9.17) is 9.84 Å². The molecule has 1 amide bonds. The Morgan fingerprint density at radius 3 is 2.85 bits per heavy atom. The van der Waals surface area contributed by atoms with Crippen molar-refractivity contribution in [3.8, 4) is 5.69 Å². The fourth-order valence-electron chi connectivity index (χ4n) is 1.77. The molecule has 2 N–H and O–H groups in total. The molecule has 0 aliphatic rings. The average molecular weight is 275 g/mol. The molecule has 1 aromatic heterocycles. The van der Waals surface area contributed by atoms with E-state index in [-0.39, 0.29) is 19.1 Å². The van der Waals surface area contributed by atoms with E-state index in [1.807, 2.05) is 30.3 Å². The standard InChI is InChI=1S/C14H17N3O3/c1-20-10-12(9-18)16-14(19)11-7-15-17(8-11)13-5-3-2-4-6-13/h2-8,12,18H,9-10H2,1H3,(H,16,19). The van der Waals surface area contributed by atoms with Crippen molar-refractivity contribution in [3.05, 3.63) is 48.3 Å². The minimum atomic E-state index is -0.424. The van der Waals surface area contributed by atoms with Crippen LogP contribution in [0.25, 0.3) is 5.69 Å². The summed E-state index contributed by atoms with van der Waals surface area (Å²) in [7, 11) is 1.52. The van der Waals surface area contributed by atoms with Gasteiger partial charge in [0.2, 0.25) is 0 Å². The van der Waals surface area contributed by atoms with Gasteiger partial charge in [0.05, 0.1) is 36.7 Å². The van der Waals surface area contributed by atoms with Crippen molar-refractivity contribution < 1.29 is 14.6 Å². The molecule has 1 aromatic carbocycles. The summed E-state index contributed by atoms with van der Waals surface area (Å²) in [5.74, 6) is -0.289. The lowest BCUT2D eigenvalue weighted by molar-refractivity contribution is 0.0839. The highest BCUT2D eigenvalue weighted by Crippen LogP contribution is 2.07. The zero-order valence-electron chi connectivity index (χ0n) is 11.2. The Hall–Kier alpha value is -2.18. The maximum atomic E-state index is 12.0. The van der Waals surface area contributed by atoms with Crippen molar-refractivity contribution >= 4 is 5.91 Å². The largest absolute Gasteiger partial charge is 0.394 e. The van der Waals surface area contributed by atoms with Crippen LogP contribution in [0.1, 0.15) is 10.4 Å². The van der Waals surface area contributed by atoms with Crippen molar-refractivity contribution in [3.63, 3.8) is 0 Å². The third-order valence-electron chi connectivity index (χ3n) is 2.79. The minimum Gasteiger partial charge on any atom is -0.394 e. The third-order valence-corrected chi connectivity index (χ3v) is 2.79. The molecule has 0 aliphatic heterocycles. The SMILES string of the molecule is COCC(CO)NC(=O)c1cnn(-c2ccccc2)c1. The number of hydrogen-bond donors (Lipinski definition) is 2. The van der Waals surface area contributed by atoms with Crippen LogP contribution in [0.15, 0.2) is 42.7 Å². The van der Waals surface area contributed by atoms with Crippen LogP contribution in [0.4, 0.5) is 0 Å². The van der Waals surface area contributed by atoms with Crippen molar-refractivity contribution in [1.82, 2.24) is 15.1 Å². The average Bonchev–Trinajstić information content (AvgIpc) is 2.97. The van der Waals surface area contributed by atoms with E-state index < -0.39 is 6.04 Å². The number of nitrogens with zero attached hydrogens (tertiary/aromatic N) is 2. The molecule has 1 heterocycles. The number of methoxy groups -OCH3 is 1. The molecule has 1 atom stereocenters. The van der Waals surface area contributed by atoms with Gasteiger partial charge in [0, 0.05) is 13.3 Å². The molecule has 6 heteroatoms. The highest BCUT2D eigenvalue weighted by atomic mass is 16.5. The minimum absolute atomic E-state index is 0.174. The second kappa shape index (κ2) is 6.83. The number of carbonyl (C=O) groups excluding carboxylic acids is 1. The number of aromatic nitrogens is 2. The van der Waals surface area contributed by atoms with Gasteiger partial charge in [0.1, 0.15) is 0 Å². The van der Waals surface area contributed by atoms with Crippen molar-refractivity contribution in [1.29, 1.82) is 0 Å². The molecule has 0 bridgehead atoms. The zero-order valence-corrected chi connectivity index (χ0v) is 11.2. The third kappa shape index (κ3) is 3.43. The van der Waals surface area contributed by atoms with E-state index in [1.165, 1.54) is 13.3 Å². The maximum absolute atomic E-state index is 12.0. The van der Waals surface area contributed by atoms with Gasteiger partial charge in [-0.15, -0.1) is 0 Å². The molecule has 0 saturated carbocycles. The van der Waals surface area contributed by atoms with Crippen LogP contribution in [0.5, 0.6) is 0 Å². The number of carbonyl (C=O) groups is 1. The monoisotopic (exact) mass is 275 g/mol. The van der Waals surface area contributed by atoms with Crippen LogP contribution in [0, 0.1) is 0 Å². The highest BCUT2D eigenvalue weighted by molar-refractivity contribution is 5.94. The number of benzene rings is 1. The van der Waals surface area contributed by atoms with Gasteiger partial charge in [-0.05, 0) is 12.1 Å². The molecular weight excluding hydrogens is 258 g/mol. The smallest absolute Gasteiger partial charge is 0.254 e. The molecule has 0 radical (unpaired) electrons. The van der Waals surface area contributed by atoms with E-state index >= 15 is 0 Å². The number of aliphatic hydroxyl groups excluding tert-OH is 1. The Labute approximate surface area is 117 Å². The molecule has 0 saturated heterocycles. The Morgan fingerprint density at radius 1 is 1.45 bits per heavy atom. The van der Waals surface area contributed by atoms with Gasteiger partial charge < -0.3 is 15.2 Å². The summed E-state index contributed by atoms with van der Waals surface area (Å²) < 4.78 is 6.53. The maximum Gasteiger partial charge on any atom is 0.254 e. The van der Waals surface area contributed by atoms with Gasteiger partial charge in [0.25, 0.3) is 5.91 Å². The number of ether oxygens (including phenoxy) is 1. The zero-order chi connectivity index (χ0) is 14.4. The molecule has 2 aromatic rings. The molecule has 6 nitrogen and oxygen atoms in total. The number of hydrogen-bond acceptors (Lipinski definition) is 4. The van der Waals surface area contributed by atoms with Crippen LogP contribution in [0.2, 0.25) is 0 Å². The summed E-state index contributed by atoms with van der Waals surface area (Å²) >= 11 is 0. The molecular formula is C14H17N3O3. The van der Waals surface area contributed by atoms with Gasteiger partial charge in [-0.1, -0.05) is 18.2 Å². The number of aliphatic hydroxyl groups is 1. The Morgan fingerprint density at radius 2 is 2.20 bits per heavy atom. The Balaban J connectivity index is 2.07. The van der Waals surface area contributed by atoms with Crippen LogP contribution in [-0.4, -0.2) is 47.2 Å². The van der Waals surface area contributed by atoms with Gasteiger partial charge in [-0.25, -0.2) is 4.68 Å². The number of para-hydroxylation sites is 1. The van der Waals surface area contributed by atoms with Crippen LogP contribution >= 0.6 is 0 Å². The summed E-state index contributed by atoms with van der Waals surface area (Å²) in [6, 6.07) is 9.09. The summed E-state index contributed by atoms with van der Waals surface area (Å²) in [6.45, 7) is 0.0848. The first-order valence-electron chi connectivity index (χ1n) is 6.25. The molecule has 20 heavy (non-hydrogen) atoms. The number of amides is 1. The lowest BCUT2D eigenvalue weighted by atomic mass is 10.2. The predicted molar refractivity (Wildman–Crippen MR) is 73.8 cm³/mol. The van der Waals surface area contributed by atoms with Crippen molar-refractivity contribution in [2.24, 2.45) is 0 Å². The molecule has 106 valence electrons. The first-order chi connectivity index (χ1) is 9.74. The molecule has 1 unspecified atom stereocenters. The van der Waals surface area contributed by atoms with E-state index in [0.717, 1.165) is 5.69 Å². The van der Waals surface area contributed by atoms with E-state index in [2.05, 4.69) is 10.4 Å². The fraction of sp³-hybridized carbons (Fsp3) is 0.286. The van der Waals surface area contributed by atoms with Crippen LogP contribution in [0.3, 0.4) is 0 Å². The lowest BCUT2D eigenvalue weighted by Gasteiger charge is -2.14. The van der Waals surface area contributed by atoms with E-state index in [1.54, 1.807) is 10.9 Å². The molecule has 0 spiro atoms. The summed E-state index contributed by atoms with van der Waals surface area (Å²) in [6.07, 6.45) is 3.13. The fourth-order valence-corrected chi connectivity index (χ4v) is 1.77. The summed E-state index contributed by atoms with van der Waals surface area (Å²) in [5, 5.41) is 16.0. The molecule has 0 aliphatic carbocycles. The number of nitrogens with one attached hydrogen (secondary N) is 1. The first kappa shape index (κ1) is 14.2. The van der Waals surface area contributed by atoms with E-state index in [9.17, 15) is 4.79 Å². The topological polar surface area (TPSA) is 76.4 Å².